The second-order valence-corrected chi connectivity index (χ2v) is 5.71. The van der Waals surface area contributed by atoms with Gasteiger partial charge in [0, 0.05) is 7.05 Å². The number of nitrogens with zero attached hydrogens (tertiary/aromatic N) is 2. The van der Waals surface area contributed by atoms with E-state index in [0.29, 0.717) is 0 Å². The third kappa shape index (κ3) is 3.51. The lowest BCUT2D eigenvalue weighted by molar-refractivity contribution is -0.139. The number of benzene rings is 1. The summed E-state index contributed by atoms with van der Waals surface area (Å²) in [6.45, 7) is -0.565. The third-order valence-electron chi connectivity index (χ3n) is 2.53. The van der Waals surface area contributed by atoms with Gasteiger partial charge in [-0.3, -0.25) is 9.40 Å². The minimum atomic E-state index is -3.84. The summed E-state index contributed by atoms with van der Waals surface area (Å²) in [7, 11) is -2.34. The van der Waals surface area contributed by atoms with Crippen molar-refractivity contribution in [1.29, 1.82) is 0 Å². The monoisotopic (exact) mass is 311 g/mol. The highest BCUT2D eigenvalue weighted by Gasteiger charge is 2.19. The molecule has 0 aliphatic carbocycles. The number of rotatable bonds is 6. The largest absolute Gasteiger partial charge is 0.480 e. The zero-order valence-corrected chi connectivity index (χ0v) is 11.9. The molecule has 2 rings (SSSR count). The molecule has 0 aliphatic heterocycles. The number of carboxylic acids is 1. The molecule has 0 unspecified atom stereocenters. The first-order chi connectivity index (χ1) is 9.90. The number of para-hydroxylation sites is 2. The number of carboxylic acid groups (broad SMARTS) is 1. The fraction of sp³-hybridized carbons (Fsp3) is 0.167. The molecule has 0 bridgehead atoms. The van der Waals surface area contributed by atoms with E-state index in [1.54, 1.807) is 12.1 Å². The molecule has 0 aliphatic rings. The molecule has 0 amide bonds. The molecule has 0 spiro atoms. The normalized spacial score (nSPS) is 11.1. The van der Waals surface area contributed by atoms with Crippen LogP contribution in [0.1, 0.15) is 0 Å². The van der Waals surface area contributed by atoms with Gasteiger partial charge in [-0.15, -0.1) is 0 Å². The Morgan fingerprint density at radius 3 is 2.71 bits per heavy atom. The number of aliphatic carboxylic acids is 1. The fourth-order valence-corrected chi connectivity index (χ4v) is 2.84. The van der Waals surface area contributed by atoms with Crippen LogP contribution in [-0.4, -0.2) is 35.9 Å². The summed E-state index contributed by atoms with van der Waals surface area (Å²) in [6.07, 6.45) is 1.36. The maximum Gasteiger partial charge on any atom is 0.341 e. The number of hydrogen-bond donors (Lipinski definition) is 2. The molecule has 2 aromatic rings. The van der Waals surface area contributed by atoms with Gasteiger partial charge in [0.2, 0.25) is 0 Å². The van der Waals surface area contributed by atoms with Crippen molar-refractivity contribution in [1.82, 2.24) is 9.78 Å². The van der Waals surface area contributed by atoms with Crippen LogP contribution in [0.25, 0.3) is 0 Å². The van der Waals surface area contributed by atoms with Crippen molar-refractivity contribution in [3.8, 4) is 5.75 Å². The van der Waals surface area contributed by atoms with Gasteiger partial charge in [0.1, 0.15) is 5.75 Å². The topological polar surface area (TPSA) is 111 Å². The number of aryl methyl sites for hydroxylation is 1. The number of nitrogens with one attached hydrogen (secondary N) is 1. The standard InChI is InChI=1S/C12H13N3O5S/c1-15-11(6-7-13-15)21(18,19)14-9-4-2-3-5-10(9)20-8-12(16)17/h2-7,14H,8H2,1H3,(H,16,17). The molecule has 1 aromatic heterocycles. The van der Waals surface area contributed by atoms with E-state index < -0.39 is 22.6 Å². The Labute approximate surface area is 121 Å². The SMILES string of the molecule is Cn1nccc1S(=O)(=O)Nc1ccccc1OCC(=O)O. The minimum absolute atomic E-state index is 0.0180. The number of sulfonamides is 1. The lowest BCUT2D eigenvalue weighted by Gasteiger charge is -2.12. The highest BCUT2D eigenvalue weighted by molar-refractivity contribution is 7.92. The van der Waals surface area contributed by atoms with E-state index >= 15 is 0 Å². The third-order valence-corrected chi connectivity index (χ3v) is 3.97. The fourth-order valence-electron chi connectivity index (χ4n) is 1.64. The van der Waals surface area contributed by atoms with Gasteiger partial charge >= 0.3 is 5.97 Å². The van der Waals surface area contributed by atoms with E-state index in [4.69, 9.17) is 9.84 Å². The minimum Gasteiger partial charge on any atom is -0.480 e. The van der Waals surface area contributed by atoms with E-state index in [-0.39, 0.29) is 16.5 Å². The summed E-state index contributed by atoms with van der Waals surface area (Å²) in [4.78, 5) is 10.5. The van der Waals surface area contributed by atoms with E-state index in [1.807, 2.05) is 0 Å². The molecule has 0 radical (unpaired) electrons. The van der Waals surface area contributed by atoms with Gasteiger partial charge in [-0.2, -0.15) is 13.5 Å². The quantitative estimate of drug-likeness (QED) is 0.812. The van der Waals surface area contributed by atoms with Crippen molar-refractivity contribution in [2.75, 3.05) is 11.3 Å². The van der Waals surface area contributed by atoms with Gasteiger partial charge in [0.15, 0.2) is 11.6 Å². The summed E-state index contributed by atoms with van der Waals surface area (Å²) < 4.78 is 33.1. The molecule has 1 heterocycles. The van der Waals surface area contributed by atoms with Crippen molar-refractivity contribution >= 4 is 21.7 Å². The Kier molecular flexibility index (Phi) is 4.13. The average Bonchev–Trinajstić information content (AvgIpc) is 2.84. The maximum absolute atomic E-state index is 12.2. The first-order valence-electron chi connectivity index (χ1n) is 5.84. The van der Waals surface area contributed by atoms with Crippen LogP contribution >= 0.6 is 0 Å². The Morgan fingerprint density at radius 2 is 2.10 bits per heavy atom. The van der Waals surface area contributed by atoms with Crippen molar-refractivity contribution in [2.45, 2.75) is 5.03 Å². The summed E-state index contributed by atoms with van der Waals surface area (Å²) in [5.74, 6) is -1.02. The molecule has 2 N–H and O–H groups in total. The van der Waals surface area contributed by atoms with Gasteiger partial charge in [-0.25, -0.2) is 4.79 Å². The molecular formula is C12H13N3O5S. The summed E-state index contributed by atoms with van der Waals surface area (Å²) in [5.41, 5.74) is 0.153. The lowest BCUT2D eigenvalue weighted by atomic mass is 10.3. The van der Waals surface area contributed by atoms with Crippen LogP contribution in [0.4, 0.5) is 5.69 Å². The van der Waals surface area contributed by atoms with Crippen molar-refractivity contribution in [3.05, 3.63) is 36.5 Å². The van der Waals surface area contributed by atoms with E-state index in [1.165, 1.54) is 36.1 Å². The number of ether oxygens (including phenoxy) is 1. The van der Waals surface area contributed by atoms with Crippen molar-refractivity contribution in [3.63, 3.8) is 0 Å². The predicted molar refractivity (Wildman–Crippen MR) is 73.6 cm³/mol. The number of hydrogen-bond acceptors (Lipinski definition) is 5. The maximum atomic E-state index is 12.2. The summed E-state index contributed by atoms with van der Waals surface area (Å²) in [6, 6.07) is 7.52. The molecule has 0 atom stereocenters. The molecule has 1 aromatic carbocycles. The molecule has 0 saturated heterocycles. The van der Waals surface area contributed by atoms with E-state index in [9.17, 15) is 13.2 Å². The van der Waals surface area contributed by atoms with Crippen LogP contribution in [0.2, 0.25) is 0 Å². The van der Waals surface area contributed by atoms with E-state index in [0.717, 1.165) is 0 Å². The molecule has 0 fully saturated rings. The Hall–Kier alpha value is -2.55. The van der Waals surface area contributed by atoms with Crippen LogP contribution in [0.5, 0.6) is 5.75 Å². The molecule has 21 heavy (non-hydrogen) atoms. The van der Waals surface area contributed by atoms with Crippen LogP contribution < -0.4 is 9.46 Å². The molecule has 8 nitrogen and oxygen atoms in total. The van der Waals surface area contributed by atoms with Gasteiger partial charge in [-0.1, -0.05) is 12.1 Å². The summed E-state index contributed by atoms with van der Waals surface area (Å²) in [5, 5.41) is 12.4. The molecule has 112 valence electrons. The van der Waals surface area contributed by atoms with Crippen molar-refractivity contribution < 1.29 is 23.1 Å². The zero-order chi connectivity index (χ0) is 15.5. The first kappa shape index (κ1) is 14.9. The number of aromatic nitrogens is 2. The second kappa shape index (κ2) is 5.83. The zero-order valence-electron chi connectivity index (χ0n) is 11.1. The molecular weight excluding hydrogens is 298 g/mol. The van der Waals surface area contributed by atoms with Crippen LogP contribution in [0.3, 0.4) is 0 Å². The summed E-state index contributed by atoms with van der Waals surface area (Å²) >= 11 is 0. The smallest absolute Gasteiger partial charge is 0.341 e. The molecule has 9 heteroatoms. The Balaban J connectivity index is 2.27. The Morgan fingerprint density at radius 1 is 1.38 bits per heavy atom. The van der Waals surface area contributed by atoms with Crippen LogP contribution in [0.15, 0.2) is 41.6 Å². The predicted octanol–water partition coefficient (Wildman–Crippen LogP) is 0.684. The van der Waals surface area contributed by atoms with E-state index in [2.05, 4.69) is 9.82 Å². The van der Waals surface area contributed by atoms with Gasteiger partial charge < -0.3 is 9.84 Å². The van der Waals surface area contributed by atoms with Crippen LogP contribution in [-0.2, 0) is 21.9 Å². The number of anilines is 1. The van der Waals surface area contributed by atoms with Gasteiger partial charge in [-0.05, 0) is 18.2 Å². The highest BCUT2D eigenvalue weighted by Crippen LogP contribution is 2.26. The lowest BCUT2D eigenvalue weighted by Crippen LogP contribution is -2.18. The van der Waals surface area contributed by atoms with Gasteiger partial charge in [0.05, 0.1) is 11.9 Å². The molecule has 0 saturated carbocycles. The van der Waals surface area contributed by atoms with Crippen molar-refractivity contribution in [2.24, 2.45) is 7.05 Å². The average molecular weight is 311 g/mol. The van der Waals surface area contributed by atoms with Crippen LogP contribution in [0, 0.1) is 0 Å². The highest BCUT2D eigenvalue weighted by atomic mass is 32.2. The van der Waals surface area contributed by atoms with Gasteiger partial charge in [0.25, 0.3) is 10.0 Å². The number of carbonyl (C=O) groups is 1. The first-order valence-corrected chi connectivity index (χ1v) is 7.33. The second-order valence-electron chi connectivity index (χ2n) is 4.08. The Bertz CT molecular complexity index is 754.